The van der Waals surface area contributed by atoms with Gasteiger partial charge in [-0.15, -0.1) is 0 Å². The molecule has 0 aliphatic carbocycles. The first kappa shape index (κ1) is 17.8. The smallest absolute Gasteiger partial charge is 0.328 e. The fraction of sp³-hybridized carbons (Fsp3) is 0.550. The normalized spacial score (nSPS) is 25.7. The van der Waals surface area contributed by atoms with Gasteiger partial charge in [0.1, 0.15) is 6.17 Å². The van der Waals surface area contributed by atoms with Crippen molar-refractivity contribution in [2.75, 3.05) is 19.6 Å². The lowest BCUT2D eigenvalue weighted by atomic mass is 10.1. The predicted molar refractivity (Wildman–Crippen MR) is 103 cm³/mol. The first-order chi connectivity index (χ1) is 13.2. The van der Waals surface area contributed by atoms with Crippen molar-refractivity contribution in [1.82, 2.24) is 14.7 Å². The molecule has 0 radical (unpaired) electrons. The highest BCUT2D eigenvalue weighted by atomic mass is 16.2. The van der Waals surface area contributed by atoms with E-state index in [9.17, 15) is 10.1 Å². The van der Waals surface area contributed by atoms with E-state index in [1.54, 1.807) is 11.0 Å². The fourth-order valence-corrected chi connectivity index (χ4v) is 4.23. The van der Waals surface area contributed by atoms with Crippen LogP contribution in [0.2, 0.25) is 0 Å². The van der Waals surface area contributed by atoms with Crippen molar-refractivity contribution in [3.8, 4) is 6.07 Å². The number of benzene rings is 1. The van der Waals surface area contributed by atoms with E-state index in [0.29, 0.717) is 12.1 Å². The Morgan fingerprint density at radius 3 is 2.85 bits per heavy atom. The molecule has 3 heterocycles. The van der Waals surface area contributed by atoms with Gasteiger partial charge >= 0.3 is 6.03 Å². The topological polar surface area (TPSA) is 89.0 Å². The number of nitrogens with zero attached hydrogens (tertiary/aromatic N) is 5. The number of likely N-dealkylation sites (tertiary alicyclic amines) is 1. The number of piperidine rings is 2. The minimum absolute atomic E-state index is 0.00316. The van der Waals surface area contributed by atoms with E-state index in [-0.39, 0.29) is 18.2 Å². The second-order valence-corrected chi connectivity index (χ2v) is 7.58. The van der Waals surface area contributed by atoms with Crippen molar-refractivity contribution >= 4 is 12.0 Å². The van der Waals surface area contributed by atoms with Gasteiger partial charge in [-0.05, 0) is 43.7 Å². The number of nitriles is 1. The minimum atomic E-state index is -0.0677. The molecule has 3 aliphatic rings. The highest BCUT2D eigenvalue weighted by molar-refractivity contribution is 5.98. The van der Waals surface area contributed by atoms with Crippen LogP contribution in [0.15, 0.2) is 29.3 Å². The molecule has 3 aliphatic heterocycles. The average Bonchev–Trinajstić information content (AvgIpc) is 2.70. The summed E-state index contributed by atoms with van der Waals surface area (Å²) in [6.07, 6.45) is 4.97. The summed E-state index contributed by atoms with van der Waals surface area (Å²) in [6, 6.07) is 9.79. The van der Waals surface area contributed by atoms with E-state index in [4.69, 9.17) is 10.7 Å². The number of urea groups is 1. The van der Waals surface area contributed by atoms with Gasteiger partial charge < -0.3 is 15.5 Å². The van der Waals surface area contributed by atoms with Crippen molar-refractivity contribution in [1.29, 1.82) is 5.26 Å². The van der Waals surface area contributed by atoms with Gasteiger partial charge in [-0.3, -0.25) is 4.90 Å². The quantitative estimate of drug-likeness (QED) is 0.868. The molecule has 1 aromatic carbocycles. The van der Waals surface area contributed by atoms with E-state index >= 15 is 0 Å². The molecule has 2 amide bonds. The van der Waals surface area contributed by atoms with Gasteiger partial charge in [0.05, 0.1) is 18.2 Å². The molecular weight excluding hydrogens is 340 g/mol. The molecule has 2 fully saturated rings. The molecule has 7 heteroatoms. The SMILES string of the molecule is N#Cc1ccccc1CN1C(=O)N2CCCCC2N=C1N1CCCC(N)C1. The molecule has 2 unspecified atom stereocenters. The lowest BCUT2D eigenvalue weighted by molar-refractivity contribution is 0.113. The Balaban J connectivity index is 1.68. The highest BCUT2D eigenvalue weighted by Gasteiger charge is 2.39. The number of fused-ring (bicyclic) bond motifs is 1. The summed E-state index contributed by atoms with van der Waals surface area (Å²) in [5.74, 6) is 0.728. The number of hydrogen-bond donors (Lipinski definition) is 1. The van der Waals surface area contributed by atoms with Gasteiger partial charge in [0.2, 0.25) is 5.96 Å². The Hall–Kier alpha value is -2.59. The Morgan fingerprint density at radius 1 is 1.19 bits per heavy atom. The predicted octanol–water partition coefficient (Wildman–Crippen LogP) is 2.08. The van der Waals surface area contributed by atoms with Crippen LogP contribution in [0, 0.1) is 11.3 Å². The lowest BCUT2D eigenvalue weighted by Gasteiger charge is -2.46. The zero-order valence-corrected chi connectivity index (χ0v) is 15.5. The van der Waals surface area contributed by atoms with Crippen LogP contribution in [0.1, 0.15) is 43.2 Å². The maximum Gasteiger partial charge on any atom is 0.328 e. The molecule has 2 atom stereocenters. The van der Waals surface area contributed by atoms with Crippen LogP contribution >= 0.6 is 0 Å². The number of carbonyl (C=O) groups is 1. The number of rotatable bonds is 2. The molecule has 2 saturated heterocycles. The van der Waals surface area contributed by atoms with E-state index in [1.165, 1.54) is 0 Å². The fourth-order valence-electron chi connectivity index (χ4n) is 4.23. The van der Waals surface area contributed by atoms with Crippen molar-refractivity contribution < 1.29 is 4.79 Å². The standard InChI is InChI=1S/C20H26N6O/c21-12-15-6-1-2-7-16(15)13-26-19(24-10-5-8-17(22)14-24)23-18-9-3-4-11-25(18)20(26)27/h1-2,6-7,17-18H,3-5,8-11,13-14,22H2. The van der Waals surface area contributed by atoms with Gasteiger partial charge in [0, 0.05) is 25.7 Å². The summed E-state index contributed by atoms with van der Waals surface area (Å²) in [4.78, 5) is 24.1. The largest absolute Gasteiger partial charge is 0.341 e. The Kier molecular flexibility index (Phi) is 4.99. The van der Waals surface area contributed by atoms with E-state index < -0.39 is 0 Å². The maximum atomic E-state index is 13.3. The van der Waals surface area contributed by atoms with Gasteiger partial charge in [0.25, 0.3) is 0 Å². The molecule has 0 saturated carbocycles. The third-order valence-corrected chi connectivity index (χ3v) is 5.66. The van der Waals surface area contributed by atoms with Gasteiger partial charge in [-0.25, -0.2) is 9.79 Å². The average molecular weight is 366 g/mol. The van der Waals surface area contributed by atoms with Crippen LogP contribution in [0.4, 0.5) is 4.79 Å². The molecule has 0 bridgehead atoms. The zero-order valence-electron chi connectivity index (χ0n) is 15.5. The zero-order chi connectivity index (χ0) is 18.8. The minimum Gasteiger partial charge on any atom is -0.341 e. The molecule has 142 valence electrons. The highest BCUT2D eigenvalue weighted by Crippen LogP contribution is 2.27. The van der Waals surface area contributed by atoms with E-state index in [0.717, 1.165) is 63.3 Å². The molecule has 27 heavy (non-hydrogen) atoms. The monoisotopic (exact) mass is 366 g/mol. The third kappa shape index (κ3) is 3.50. The van der Waals surface area contributed by atoms with Crippen LogP contribution < -0.4 is 5.73 Å². The van der Waals surface area contributed by atoms with Crippen LogP contribution in [-0.4, -0.2) is 58.5 Å². The van der Waals surface area contributed by atoms with Gasteiger partial charge in [-0.1, -0.05) is 18.2 Å². The summed E-state index contributed by atoms with van der Waals surface area (Å²) in [5.41, 5.74) is 7.63. The van der Waals surface area contributed by atoms with Crippen molar-refractivity contribution in [3.63, 3.8) is 0 Å². The summed E-state index contributed by atoms with van der Waals surface area (Å²) in [6.45, 7) is 2.69. The van der Waals surface area contributed by atoms with Crippen LogP contribution in [0.5, 0.6) is 0 Å². The van der Waals surface area contributed by atoms with E-state index in [2.05, 4.69) is 11.0 Å². The van der Waals surface area contributed by atoms with Crippen molar-refractivity contribution in [3.05, 3.63) is 35.4 Å². The van der Waals surface area contributed by atoms with Crippen LogP contribution in [-0.2, 0) is 6.54 Å². The molecule has 4 rings (SSSR count). The molecule has 0 spiro atoms. The van der Waals surface area contributed by atoms with Crippen LogP contribution in [0.25, 0.3) is 0 Å². The number of amides is 2. The Labute approximate surface area is 160 Å². The second-order valence-electron chi connectivity index (χ2n) is 7.58. The Morgan fingerprint density at radius 2 is 2.04 bits per heavy atom. The van der Waals surface area contributed by atoms with Crippen molar-refractivity contribution in [2.24, 2.45) is 10.7 Å². The number of guanidine groups is 1. The summed E-state index contributed by atoms with van der Waals surface area (Å²) in [5, 5.41) is 9.43. The maximum absolute atomic E-state index is 13.3. The Bertz CT molecular complexity index is 785. The van der Waals surface area contributed by atoms with Crippen LogP contribution in [0.3, 0.4) is 0 Å². The number of hydrogen-bond acceptors (Lipinski definition) is 5. The lowest BCUT2D eigenvalue weighted by Crippen LogP contribution is -2.61. The molecular formula is C20H26N6O. The summed E-state index contributed by atoms with van der Waals surface area (Å²) < 4.78 is 0. The summed E-state index contributed by atoms with van der Waals surface area (Å²) >= 11 is 0. The number of carbonyl (C=O) groups excluding carboxylic acids is 1. The van der Waals surface area contributed by atoms with Gasteiger partial charge in [0.15, 0.2) is 0 Å². The van der Waals surface area contributed by atoms with Crippen molar-refractivity contribution in [2.45, 2.75) is 50.9 Å². The first-order valence-corrected chi connectivity index (χ1v) is 9.82. The van der Waals surface area contributed by atoms with E-state index in [1.807, 2.05) is 23.1 Å². The molecule has 0 aromatic heterocycles. The van der Waals surface area contributed by atoms with Gasteiger partial charge in [-0.2, -0.15) is 5.26 Å². The third-order valence-electron chi connectivity index (χ3n) is 5.66. The number of nitrogens with two attached hydrogens (primary N) is 1. The summed E-state index contributed by atoms with van der Waals surface area (Å²) in [7, 11) is 0. The molecule has 7 nitrogen and oxygen atoms in total. The number of aliphatic imine (C=N–C) groups is 1. The second kappa shape index (κ2) is 7.57. The first-order valence-electron chi connectivity index (χ1n) is 9.82. The molecule has 2 N–H and O–H groups in total. The molecule has 1 aromatic rings.